The van der Waals surface area contributed by atoms with Gasteiger partial charge in [-0.1, -0.05) is 84.4 Å². The summed E-state index contributed by atoms with van der Waals surface area (Å²) in [7, 11) is -2.05. The van der Waals surface area contributed by atoms with Crippen LogP contribution in [0.4, 0.5) is 0 Å². The van der Waals surface area contributed by atoms with Crippen LogP contribution in [0.2, 0.25) is 18.1 Å². The molecular formula is C33H49NO2Si. The van der Waals surface area contributed by atoms with E-state index in [0.717, 1.165) is 42.5 Å². The smallest absolute Gasteiger partial charge is 0.192 e. The van der Waals surface area contributed by atoms with E-state index in [1.54, 1.807) is 0 Å². The van der Waals surface area contributed by atoms with Crippen molar-refractivity contribution >= 4 is 13.9 Å². The van der Waals surface area contributed by atoms with Crippen LogP contribution < -0.4 is 0 Å². The Kier molecular flexibility index (Phi) is 7.71. The third-order valence-corrected chi connectivity index (χ3v) is 13.4. The minimum atomic E-state index is -2.05. The van der Waals surface area contributed by atoms with Crippen molar-refractivity contribution in [2.45, 2.75) is 124 Å². The van der Waals surface area contributed by atoms with Gasteiger partial charge >= 0.3 is 0 Å². The zero-order valence-electron chi connectivity index (χ0n) is 25.0. The second-order valence-electron chi connectivity index (χ2n) is 14.1. The van der Waals surface area contributed by atoms with Crippen molar-refractivity contribution in [1.29, 1.82) is 0 Å². The molecule has 0 aliphatic heterocycles. The lowest BCUT2D eigenvalue weighted by Crippen LogP contribution is -2.44. The molecule has 0 fully saturated rings. The zero-order chi connectivity index (χ0) is 27.3. The van der Waals surface area contributed by atoms with E-state index in [1.807, 2.05) is 0 Å². The number of fused-ring (bicyclic) bond motifs is 1. The van der Waals surface area contributed by atoms with Gasteiger partial charge in [0.15, 0.2) is 8.32 Å². The van der Waals surface area contributed by atoms with Crippen LogP contribution in [0.15, 0.2) is 30.3 Å². The van der Waals surface area contributed by atoms with Gasteiger partial charge in [-0.05, 0) is 85.2 Å². The second kappa shape index (κ2) is 10.1. The Bertz CT molecular complexity index is 1170. The van der Waals surface area contributed by atoms with Crippen molar-refractivity contribution < 1.29 is 9.53 Å². The summed E-state index contributed by atoms with van der Waals surface area (Å²) in [4.78, 5) is 5.40. The topological polar surface area (TPSA) is 42.4 Å². The van der Waals surface area contributed by atoms with Crippen LogP contribution in [0.25, 0.3) is 5.57 Å². The number of rotatable bonds is 6. The zero-order valence-corrected chi connectivity index (χ0v) is 26.0. The highest BCUT2D eigenvalue weighted by Crippen LogP contribution is 2.52. The minimum absolute atomic E-state index is 0.00572. The molecule has 2 aliphatic carbocycles. The van der Waals surface area contributed by atoms with Crippen molar-refractivity contribution in [1.82, 2.24) is 4.98 Å². The number of aliphatic hydroxyl groups is 1. The number of hydrogen-bond acceptors (Lipinski definition) is 3. The Hall–Kier alpha value is -1.75. The van der Waals surface area contributed by atoms with E-state index in [4.69, 9.17) is 9.41 Å². The Morgan fingerprint density at radius 2 is 1.76 bits per heavy atom. The first kappa shape index (κ1) is 28.3. The van der Waals surface area contributed by atoms with Gasteiger partial charge < -0.3 is 9.53 Å². The molecule has 37 heavy (non-hydrogen) atoms. The lowest BCUT2D eigenvalue weighted by atomic mass is 9.71. The molecule has 1 heterocycles. The van der Waals surface area contributed by atoms with Crippen LogP contribution in [0, 0.1) is 12.3 Å². The summed E-state index contributed by atoms with van der Waals surface area (Å²) in [5, 5.41) is 12.1. The quantitative estimate of drug-likeness (QED) is 0.387. The van der Waals surface area contributed by atoms with Gasteiger partial charge in [-0.2, -0.15) is 0 Å². The summed E-state index contributed by atoms with van der Waals surface area (Å²) in [6.07, 6.45) is 6.94. The van der Waals surface area contributed by atoms with Crippen LogP contribution in [0.1, 0.15) is 131 Å². The highest BCUT2D eigenvalue weighted by molar-refractivity contribution is 6.74. The Balaban J connectivity index is 2.02. The van der Waals surface area contributed by atoms with Crippen molar-refractivity contribution in [3.63, 3.8) is 0 Å². The molecule has 0 spiro atoms. The first-order chi connectivity index (χ1) is 17.1. The second-order valence-corrected chi connectivity index (χ2v) is 18.9. The predicted molar refractivity (Wildman–Crippen MR) is 159 cm³/mol. The number of pyridine rings is 1. The number of hydrogen-bond donors (Lipinski definition) is 1. The summed E-state index contributed by atoms with van der Waals surface area (Å²) in [6.45, 7) is 22.9. The molecule has 0 saturated carbocycles. The molecule has 4 heteroatoms. The fourth-order valence-electron chi connectivity index (χ4n) is 5.80. The standard InChI is InChI=1S/C33H49NO2Si/c1-21(2)30-29(31(35)24-17-15-22(3)16-18-24)27(23-13-11-12-14-23)28-25(34-30)19-33(7,8)20-26(28)36-37(9,10)32(4,5)6/h13,15-18,21,26,31,35H,11-12,14,19-20H2,1-10H3/t26?,31-/m1/s1. The molecule has 1 unspecified atom stereocenters. The van der Waals surface area contributed by atoms with Crippen LogP contribution in [-0.2, 0) is 10.8 Å². The van der Waals surface area contributed by atoms with E-state index in [2.05, 4.69) is 98.8 Å². The first-order valence-corrected chi connectivity index (χ1v) is 17.2. The fourth-order valence-corrected chi connectivity index (χ4v) is 7.07. The molecule has 1 N–H and O–H groups in total. The Morgan fingerprint density at radius 3 is 2.30 bits per heavy atom. The van der Waals surface area contributed by atoms with Gasteiger partial charge in [-0.15, -0.1) is 0 Å². The minimum Gasteiger partial charge on any atom is -0.410 e. The van der Waals surface area contributed by atoms with Gasteiger partial charge in [0.1, 0.15) is 6.10 Å². The van der Waals surface area contributed by atoms with E-state index in [1.165, 1.54) is 34.4 Å². The van der Waals surface area contributed by atoms with Gasteiger partial charge in [0, 0.05) is 22.5 Å². The maximum atomic E-state index is 12.0. The number of aliphatic hydroxyl groups excluding tert-OH is 1. The number of benzene rings is 1. The van der Waals surface area contributed by atoms with Gasteiger partial charge in [0.25, 0.3) is 0 Å². The summed E-state index contributed by atoms with van der Waals surface area (Å²) in [6, 6.07) is 8.34. The van der Waals surface area contributed by atoms with E-state index in [9.17, 15) is 5.11 Å². The van der Waals surface area contributed by atoms with Crippen LogP contribution in [-0.4, -0.2) is 18.4 Å². The maximum absolute atomic E-state index is 12.0. The molecule has 0 radical (unpaired) electrons. The van der Waals surface area contributed by atoms with Gasteiger partial charge in [0.2, 0.25) is 0 Å². The lowest BCUT2D eigenvalue weighted by Gasteiger charge is -2.45. The Morgan fingerprint density at radius 1 is 1.11 bits per heavy atom. The highest BCUT2D eigenvalue weighted by atomic mass is 28.4. The van der Waals surface area contributed by atoms with Gasteiger partial charge in [-0.25, -0.2) is 0 Å². The predicted octanol–water partition coefficient (Wildman–Crippen LogP) is 9.20. The van der Waals surface area contributed by atoms with Crippen molar-refractivity contribution in [3.05, 3.63) is 69.5 Å². The third-order valence-electron chi connectivity index (χ3n) is 8.91. The summed E-state index contributed by atoms with van der Waals surface area (Å²) >= 11 is 0. The fraction of sp³-hybridized carbons (Fsp3) is 0.606. The molecule has 0 bridgehead atoms. The normalized spacial score (nSPS) is 20.6. The first-order valence-electron chi connectivity index (χ1n) is 14.3. The average molecular weight is 520 g/mol. The molecule has 4 rings (SSSR count). The van der Waals surface area contributed by atoms with E-state index < -0.39 is 14.4 Å². The number of aryl methyl sites for hydroxylation is 1. The molecule has 0 amide bonds. The summed E-state index contributed by atoms with van der Waals surface area (Å²) < 4.78 is 7.25. The molecule has 1 aromatic carbocycles. The monoisotopic (exact) mass is 519 g/mol. The summed E-state index contributed by atoms with van der Waals surface area (Å²) in [5.41, 5.74) is 9.38. The SMILES string of the molecule is Cc1ccc([C@@H](O)c2c(C(C)C)nc3c(c2C2=CCCC2)C(O[Si](C)(C)C(C)(C)C)CC(C)(C)C3)cc1. The van der Waals surface area contributed by atoms with Crippen molar-refractivity contribution in [3.8, 4) is 0 Å². The maximum Gasteiger partial charge on any atom is 0.192 e. The number of allylic oxidation sites excluding steroid dienone is 2. The molecule has 0 saturated heterocycles. The van der Waals surface area contributed by atoms with Gasteiger partial charge in [-0.3, -0.25) is 4.98 Å². The Labute approximate surface area is 226 Å². The molecule has 2 atom stereocenters. The van der Waals surface area contributed by atoms with Gasteiger partial charge in [0.05, 0.1) is 6.10 Å². The lowest BCUT2D eigenvalue weighted by molar-refractivity contribution is 0.105. The van der Waals surface area contributed by atoms with Crippen LogP contribution in [0.3, 0.4) is 0 Å². The van der Waals surface area contributed by atoms with Crippen LogP contribution in [0.5, 0.6) is 0 Å². The van der Waals surface area contributed by atoms with Crippen molar-refractivity contribution in [2.24, 2.45) is 5.41 Å². The van der Waals surface area contributed by atoms with E-state index in [-0.39, 0.29) is 22.5 Å². The molecule has 2 aliphatic rings. The van der Waals surface area contributed by atoms with E-state index in [0.29, 0.717) is 0 Å². The molecule has 202 valence electrons. The van der Waals surface area contributed by atoms with Crippen LogP contribution >= 0.6 is 0 Å². The molecular weight excluding hydrogens is 470 g/mol. The molecule has 3 nitrogen and oxygen atoms in total. The van der Waals surface area contributed by atoms with Crippen molar-refractivity contribution in [2.75, 3.05) is 0 Å². The number of aromatic nitrogens is 1. The number of nitrogens with zero attached hydrogens (tertiary/aromatic N) is 1. The molecule has 1 aromatic heterocycles. The summed E-state index contributed by atoms with van der Waals surface area (Å²) in [5.74, 6) is 0.214. The highest BCUT2D eigenvalue weighted by Gasteiger charge is 2.45. The van der Waals surface area contributed by atoms with E-state index >= 15 is 0 Å². The molecule has 2 aromatic rings. The average Bonchev–Trinajstić information content (AvgIpc) is 3.30. The largest absolute Gasteiger partial charge is 0.410 e. The third kappa shape index (κ3) is 5.67.